The van der Waals surface area contributed by atoms with Crippen LogP contribution in [-0.2, 0) is 11.2 Å². The molecule has 6 nitrogen and oxygen atoms in total. The van der Waals surface area contributed by atoms with Gasteiger partial charge in [0.25, 0.3) is 0 Å². The van der Waals surface area contributed by atoms with Crippen LogP contribution in [-0.4, -0.2) is 54.0 Å². The molecule has 2 heterocycles. The summed E-state index contributed by atoms with van der Waals surface area (Å²) in [5.41, 5.74) is 1.13. The number of carbonyl (C=O) groups excluding carboxylic acids is 1. The third-order valence-electron chi connectivity index (χ3n) is 5.50. The van der Waals surface area contributed by atoms with Crippen molar-refractivity contribution in [1.29, 1.82) is 0 Å². The molecule has 1 aromatic heterocycles. The highest BCUT2D eigenvalue weighted by molar-refractivity contribution is 14.0. The predicted molar refractivity (Wildman–Crippen MR) is 127 cm³/mol. The lowest BCUT2D eigenvalue weighted by atomic mass is 10.1. The van der Waals surface area contributed by atoms with Crippen molar-refractivity contribution in [2.24, 2.45) is 10.9 Å². The Morgan fingerprint density at radius 1 is 1.29 bits per heavy atom. The quantitative estimate of drug-likeness (QED) is 0.344. The highest BCUT2D eigenvalue weighted by Gasteiger charge is 2.32. The van der Waals surface area contributed by atoms with Gasteiger partial charge in [-0.1, -0.05) is 12.8 Å². The second-order valence-corrected chi connectivity index (χ2v) is 8.94. The molecule has 2 N–H and O–H groups in total. The Morgan fingerprint density at radius 2 is 2.04 bits per heavy atom. The Hall–Kier alpha value is -0.900. The molecular weight excluding hydrogens is 485 g/mol. The van der Waals surface area contributed by atoms with Gasteiger partial charge in [-0.2, -0.15) is 0 Å². The number of rotatable bonds is 6. The molecule has 1 aliphatic heterocycles. The second kappa shape index (κ2) is 11.3. The zero-order chi connectivity index (χ0) is 19.2. The van der Waals surface area contributed by atoms with Gasteiger partial charge in [0.05, 0.1) is 10.7 Å². The highest BCUT2D eigenvalue weighted by Crippen LogP contribution is 2.27. The van der Waals surface area contributed by atoms with Crippen molar-refractivity contribution in [3.8, 4) is 0 Å². The zero-order valence-electron chi connectivity index (χ0n) is 17.3. The van der Waals surface area contributed by atoms with Crippen LogP contribution in [0, 0.1) is 19.8 Å². The number of hydrogen-bond acceptors (Lipinski definition) is 4. The smallest absolute Gasteiger partial charge is 0.225 e. The van der Waals surface area contributed by atoms with Crippen molar-refractivity contribution < 1.29 is 4.79 Å². The van der Waals surface area contributed by atoms with E-state index >= 15 is 0 Å². The van der Waals surface area contributed by atoms with Gasteiger partial charge in [-0.3, -0.25) is 9.79 Å². The van der Waals surface area contributed by atoms with Crippen LogP contribution in [0.5, 0.6) is 0 Å². The summed E-state index contributed by atoms with van der Waals surface area (Å²) in [4.78, 5) is 25.2. The fourth-order valence-corrected chi connectivity index (χ4v) is 5.02. The third-order valence-corrected chi connectivity index (χ3v) is 6.63. The summed E-state index contributed by atoms with van der Waals surface area (Å²) < 4.78 is 0. The van der Waals surface area contributed by atoms with Gasteiger partial charge >= 0.3 is 0 Å². The summed E-state index contributed by atoms with van der Waals surface area (Å²) in [7, 11) is 0. The van der Waals surface area contributed by atoms with E-state index in [-0.39, 0.29) is 29.9 Å². The first-order valence-electron chi connectivity index (χ1n) is 10.3. The van der Waals surface area contributed by atoms with Gasteiger partial charge < -0.3 is 15.5 Å². The van der Waals surface area contributed by atoms with E-state index < -0.39 is 0 Å². The minimum atomic E-state index is 0. The van der Waals surface area contributed by atoms with Crippen molar-refractivity contribution in [2.45, 2.75) is 65.3 Å². The topological polar surface area (TPSA) is 69.6 Å². The van der Waals surface area contributed by atoms with Crippen LogP contribution in [0.2, 0.25) is 0 Å². The minimum Gasteiger partial charge on any atom is -0.357 e. The standard InChI is InChI=1S/C20H33N5OS.HI/c1-4-21-20(22-11-9-18-14(2)23-15(3)27-18)24-17-10-12-25(13-17)19(26)16-7-5-6-8-16;/h16-17H,4-13H2,1-3H3,(H2,21,22,24);1H. The summed E-state index contributed by atoms with van der Waals surface area (Å²) >= 11 is 1.76. The van der Waals surface area contributed by atoms with Crippen molar-refractivity contribution in [1.82, 2.24) is 20.5 Å². The number of nitrogens with zero attached hydrogens (tertiary/aromatic N) is 3. The lowest BCUT2D eigenvalue weighted by Crippen LogP contribution is -2.45. The molecule has 1 aliphatic carbocycles. The molecule has 1 aromatic rings. The van der Waals surface area contributed by atoms with Crippen LogP contribution < -0.4 is 10.6 Å². The van der Waals surface area contributed by atoms with E-state index in [0.717, 1.165) is 68.5 Å². The van der Waals surface area contributed by atoms with Crippen molar-refractivity contribution in [3.63, 3.8) is 0 Å². The van der Waals surface area contributed by atoms with E-state index in [1.165, 1.54) is 17.7 Å². The molecule has 158 valence electrons. The lowest BCUT2D eigenvalue weighted by molar-refractivity contribution is -0.134. The molecule has 0 aromatic carbocycles. The average Bonchev–Trinajstić information content (AvgIpc) is 3.37. The Bertz CT molecular complexity index is 672. The number of amides is 1. The fraction of sp³-hybridized carbons (Fsp3) is 0.750. The van der Waals surface area contributed by atoms with E-state index in [1.807, 2.05) is 0 Å². The largest absolute Gasteiger partial charge is 0.357 e. The minimum absolute atomic E-state index is 0. The first-order valence-corrected chi connectivity index (χ1v) is 11.1. The molecule has 28 heavy (non-hydrogen) atoms. The number of nitrogens with one attached hydrogen (secondary N) is 2. The summed E-state index contributed by atoms with van der Waals surface area (Å²) in [6, 6.07) is 0.292. The van der Waals surface area contributed by atoms with Crippen molar-refractivity contribution >= 4 is 47.2 Å². The summed E-state index contributed by atoms with van der Waals surface area (Å²) in [6.07, 6.45) is 6.49. The van der Waals surface area contributed by atoms with E-state index in [1.54, 1.807) is 11.3 Å². The van der Waals surface area contributed by atoms with Gasteiger partial charge in [-0.25, -0.2) is 4.98 Å². The summed E-state index contributed by atoms with van der Waals surface area (Å²) in [6.45, 7) is 9.45. The number of aryl methyl sites for hydroxylation is 2. The molecule has 8 heteroatoms. The van der Waals surface area contributed by atoms with Gasteiger partial charge in [0.2, 0.25) is 5.91 Å². The first-order chi connectivity index (χ1) is 13.1. The van der Waals surface area contributed by atoms with E-state index in [2.05, 4.69) is 41.3 Å². The van der Waals surface area contributed by atoms with Gasteiger partial charge in [-0.05, 0) is 40.0 Å². The lowest BCUT2D eigenvalue weighted by Gasteiger charge is -2.21. The van der Waals surface area contributed by atoms with Crippen LogP contribution in [0.1, 0.15) is 54.6 Å². The van der Waals surface area contributed by atoms with E-state index in [4.69, 9.17) is 4.99 Å². The Labute approximate surface area is 190 Å². The molecular formula is C20H34IN5OS. The van der Waals surface area contributed by atoms with Gasteiger partial charge in [-0.15, -0.1) is 35.3 Å². The molecule has 2 fully saturated rings. The number of halogens is 1. The van der Waals surface area contributed by atoms with E-state index in [9.17, 15) is 4.79 Å². The maximum atomic E-state index is 12.6. The number of hydrogen-bond donors (Lipinski definition) is 2. The monoisotopic (exact) mass is 519 g/mol. The number of likely N-dealkylation sites (tertiary alicyclic amines) is 1. The van der Waals surface area contributed by atoms with Crippen molar-refractivity contribution in [2.75, 3.05) is 26.2 Å². The fourth-order valence-electron chi connectivity index (χ4n) is 4.10. The predicted octanol–water partition coefficient (Wildman–Crippen LogP) is 3.27. The second-order valence-electron chi connectivity index (χ2n) is 7.65. The maximum Gasteiger partial charge on any atom is 0.225 e. The number of aromatic nitrogens is 1. The molecule has 2 aliphatic rings. The molecule has 1 amide bonds. The van der Waals surface area contributed by atoms with Crippen LogP contribution >= 0.6 is 35.3 Å². The first kappa shape index (κ1) is 23.4. The highest BCUT2D eigenvalue weighted by atomic mass is 127. The van der Waals surface area contributed by atoms with Crippen LogP contribution in [0.3, 0.4) is 0 Å². The SMILES string of the molecule is CCNC(=NCCc1sc(C)nc1C)NC1CCN(C(=O)C2CCCC2)C1.I. The molecule has 0 bridgehead atoms. The molecule has 1 unspecified atom stereocenters. The number of thiazole rings is 1. The third kappa shape index (κ3) is 6.30. The number of guanidine groups is 1. The molecule has 3 rings (SSSR count). The van der Waals surface area contributed by atoms with Gasteiger partial charge in [0.1, 0.15) is 0 Å². The van der Waals surface area contributed by atoms with E-state index in [0.29, 0.717) is 11.9 Å². The molecule has 0 radical (unpaired) electrons. The normalized spacial score (nSPS) is 20.3. The summed E-state index contributed by atoms with van der Waals surface area (Å²) in [5.74, 6) is 1.50. The van der Waals surface area contributed by atoms with Crippen molar-refractivity contribution in [3.05, 3.63) is 15.6 Å². The zero-order valence-corrected chi connectivity index (χ0v) is 20.4. The van der Waals surface area contributed by atoms with Crippen LogP contribution in [0.4, 0.5) is 0 Å². The molecule has 1 saturated carbocycles. The Morgan fingerprint density at radius 3 is 2.68 bits per heavy atom. The average molecular weight is 519 g/mol. The summed E-state index contributed by atoms with van der Waals surface area (Å²) in [5, 5.41) is 7.99. The molecule has 0 spiro atoms. The van der Waals surface area contributed by atoms with Gasteiger partial charge in [0, 0.05) is 49.4 Å². The van der Waals surface area contributed by atoms with Crippen LogP contribution in [0.25, 0.3) is 0 Å². The number of aliphatic imine (C=N–C) groups is 1. The Balaban J connectivity index is 0.00000280. The molecule has 1 saturated heterocycles. The maximum absolute atomic E-state index is 12.6. The molecule has 1 atom stereocenters. The van der Waals surface area contributed by atoms with Gasteiger partial charge in [0.15, 0.2) is 5.96 Å². The van der Waals surface area contributed by atoms with Crippen LogP contribution in [0.15, 0.2) is 4.99 Å². The number of carbonyl (C=O) groups is 1. The Kier molecular flexibility index (Phi) is 9.46.